The molecule has 0 aliphatic carbocycles. The van der Waals surface area contributed by atoms with Crippen LogP contribution in [0.5, 0.6) is 5.88 Å². The molecule has 0 fully saturated rings. The van der Waals surface area contributed by atoms with Crippen molar-refractivity contribution in [1.29, 1.82) is 0 Å². The van der Waals surface area contributed by atoms with Gasteiger partial charge in [-0.2, -0.15) is 4.98 Å². The number of hydrogen-bond donors (Lipinski definition) is 0. The fraction of sp³-hybridized carbons (Fsp3) is 0.571. The second-order valence-electron chi connectivity index (χ2n) is 7.71. The molecule has 0 amide bonds. The Morgan fingerprint density at radius 1 is 1.33 bits per heavy atom. The predicted octanol–water partition coefficient (Wildman–Crippen LogP) is 3.77. The molecule has 1 aromatic heterocycles. The largest absolute Gasteiger partial charge is 0.480 e. The number of rotatable bonds is 4. The summed E-state index contributed by atoms with van der Waals surface area (Å²) in [5, 5.41) is 0. The van der Waals surface area contributed by atoms with Gasteiger partial charge in [0.1, 0.15) is 18.3 Å². The van der Waals surface area contributed by atoms with E-state index in [1.54, 1.807) is 4.57 Å². The smallest absolute Gasteiger partial charge is 0.261 e. The first-order valence-electron chi connectivity index (χ1n) is 9.79. The van der Waals surface area contributed by atoms with E-state index >= 15 is 0 Å². The third-order valence-electron chi connectivity index (χ3n) is 4.51. The molecule has 0 unspecified atom stereocenters. The molecule has 0 saturated carbocycles. The first kappa shape index (κ1) is 19.4. The number of allylic oxidation sites excluding steroid dienone is 2. The van der Waals surface area contributed by atoms with Crippen molar-refractivity contribution in [3.63, 3.8) is 0 Å². The summed E-state index contributed by atoms with van der Waals surface area (Å²) in [4.78, 5) is 22.9. The third kappa shape index (κ3) is 3.99. The van der Waals surface area contributed by atoms with Crippen molar-refractivity contribution in [3.8, 4) is 5.88 Å². The molecule has 6 nitrogen and oxygen atoms in total. The Kier molecular flexibility index (Phi) is 5.82. The lowest BCUT2D eigenvalue weighted by atomic mass is 10.0. The van der Waals surface area contributed by atoms with E-state index in [-0.39, 0.29) is 17.5 Å². The van der Waals surface area contributed by atoms with Gasteiger partial charge in [0.25, 0.3) is 5.56 Å². The summed E-state index contributed by atoms with van der Waals surface area (Å²) in [5.74, 6) is 2.23. The zero-order chi connectivity index (χ0) is 19.6. The molecule has 0 saturated heterocycles. The zero-order valence-electron chi connectivity index (χ0n) is 16.9. The number of hydrogen-bond acceptors (Lipinski definition) is 5. The molecule has 0 N–H and O–H groups in total. The van der Waals surface area contributed by atoms with Crippen molar-refractivity contribution < 1.29 is 9.47 Å². The Labute approximate surface area is 160 Å². The van der Waals surface area contributed by atoms with Gasteiger partial charge in [-0.1, -0.05) is 45.9 Å². The van der Waals surface area contributed by atoms with Gasteiger partial charge < -0.3 is 9.47 Å². The molecule has 3 heterocycles. The Morgan fingerprint density at radius 2 is 2.11 bits per heavy atom. The molecule has 2 aliphatic rings. The van der Waals surface area contributed by atoms with Crippen LogP contribution in [-0.2, 0) is 11.2 Å². The van der Waals surface area contributed by atoms with Crippen LogP contribution in [0.1, 0.15) is 58.5 Å². The topological polar surface area (TPSA) is 65.7 Å². The quantitative estimate of drug-likeness (QED) is 0.756. The standard InChI is InChI=1S/C21H29N3O3/c1-6-26-20-17(12-14(4)5)24-18(16(22-20)11-13(2)3)23-19-15(21(24)25)9-7-8-10-27-19/h7-8,11,13-14,17H,6,9-10,12H2,1-5H3/b16-11-/t17-/m1/s1. The Hall–Kier alpha value is -2.37. The number of aromatic nitrogens is 2. The van der Waals surface area contributed by atoms with E-state index in [9.17, 15) is 4.79 Å². The molecule has 2 aliphatic heterocycles. The Bertz CT molecular complexity index is 847. The SMILES string of the molecule is CCOC1=N/C(=C\C(C)C)c2nc3c(c(=O)n2[C@@H]1CC(C)C)CC=CCO3. The first-order chi connectivity index (χ1) is 12.9. The minimum Gasteiger partial charge on any atom is -0.480 e. The Balaban J connectivity index is 2.26. The van der Waals surface area contributed by atoms with Crippen LogP contribution in [0.15, 0.2) is 28.0 Å². The summed E-state index contributed by atoms with van der Waals surface area (Å²) in [6.45, 7) is 11.3. The van der Waals surface area contributed by atoms with Gasteiger partial charge in [-0.25, -0.2) is 4.99 Å². The average molecular weight is 371 g/mol. The van der Waals surface area contributed by atoms with Crippen LogP contribution in [0, 0.1) is 11.8 Å². The van der Waals surface area contributed by atoms with Crippen molar-refractivity contribution in [2.24, 2.45) is 16.8 Å². The number of nitrogens with zero attached hydrogens (tertiary/aromatic N) is 3. The van der Waals surface area contributed by atoms with Crippen LogP contribution in [0.4, 0.5) is 0 Å². The summed E-state index contributed by atoms with van der Waals surface area (Å²) in [7, 11) is 0. The highest BCUT2D eigenvalue weighted by Gasteiger charge is 2.33. The van der Waals surface area contributed by atoms with E-state index in [0.29, 0.717) is 54.4 Å². The summed E-state index contributed by atoms with van der Waals surface area (Å²) in [6, 6.07) is -0.248. The minimum atomic E-state index is -0.248. The zero-order valence-corrected chi connectivity index (χ0v) is 16.9. The maximum absolute atomic E-state index is 13.5. The molecule has 1 aromatic rings. The van der Waals surface area contributed by atoms with Crippen molar-refractivity contribution in [1.82, 2.24) is 9.55 Å². The summed E-state index contributed by atoms with van der Waals surface area (Å²) in [5.41, 5.74) is 1.21. The molecule has 27 heavy (non-hydrogen) atoms. The third-order valence-corrected chi connectivity index (χ3v) is 4.51. The highest BCUT2D eigenvalue weighted by atomic mass is 16.5. The highest BCUT2D eigenvalue weighted by molar-refractivity contribution is 5.89. The second-order valence-corrected chi connectivity index (χ2v) is 7.71. The normalized spacial score (nSPS) is 20.2. The maximum Gasteiger partial charge on any atom is 0.261 e. The van der Waals surface area contributed by atoms with Crippen LogP contribution >= 0.6 is 0 Å². The molecule has 146 valence electrons. The Morgan fingerprint density at radius 3 is 2.78 bits per heavy atom. The molecule has 1 atom stereocenters. The van der Waals surface area contributed by atoms with E-state index in [1.807, 2.05) is 25.2 Å². The van der Waals surface area contributed by atoms with E-state index in [0.717, 1.165) is 6.42 Å². The fourth-order valence-corrected chi connectivity index (χ4v) is 3.42. The average Bonchev–Trinajstić information content (AvgIpc) is 2.83. The van der Waals surface area contributed by atoms with E-state index in [1.165, 1.54) is 0 Å². The lowest BCUT2D eigenvalue weighted by Gasteiger charge is -2.30. The van der Waals surface area contributed by atoms with Gasteiger partial charge >= 0.3 is 0 Å². The number of ether oxygens (including phenoxy) is 2. The molecule has 0 aromatic carbocycles. The molecular weight excluding hydrogens is 342 g/mol. The molecule has 6 heteroatoms. The molecular formula is C21H29N3O3. The maximum atomic E-state index is 13.5. The summed E-state index contributed by atoms with van der Waals surface area (Å²) < 4.78 is 13.4. The van der Waals surface area contributed by atoms with Gasteiger partial charge in [0.2, 0.25) is 11.8 Å². The van der Waals surface area contributed by atoms with Gasteiger partial charge in [-0.3, -0.25) is 9.36 Å². The molecule has 0 bridgehead atoms. The summed E-state index contributed by atoms with van der Waals surface area (Å²) in [6.07, 6.45) is 7.19. The van der Waals surface area contributed by atoms with Gasteiger partial charge in [0.15, 0.2) is 5.82 Å². The van der Waals surface area contributed by atoms with Crippen molar-refractivity contribution in [2.45, 2.75) is 53.5 Å². The van der Waals surface area contributed by atoms with Crippen molar-refractivity contribution in [2.75, 3.05) is 13.2 Å². The lowest BCUT2D eigenvalue weighted by Crippen LogP contribution is -2.39. The van der Waals surface area contributed by atoms with E-state index in [2.05, 4.69) is 27.7 Å². The lowest BCUT2D eigenvalue weighted by molar-refractivity contribution is 0.281. The van der Waals surface area contributed by atoms with Gasteiger partial charge in [0.05, 0.1) is 12.2 Å². The fourth-order valence-electron chi connectivity index (χ4n) is 3.42. The van der Waals surface area contributed by atoms with E-state index in [4.69, 9.17) is 19.5 Å². The van der Waals surface area contributed by atoms with Gasteiger partial charge in [-0.15, -0.1) is 0 Å². The minimum absolute atomic E-state index is 0.0611. The van der Waals surface area contributed by atoms with Crippen LogP contribution in [0.25, 0.3) is 5.70 Å². The molecule has 0 radical (unpaired) electrons. The second kappa shape index (κ2) is 8.11. The monoisotopic (exact) mass is 371 g/mol. The van der Waals surface area contributed by atoms with Crippen LogP contribution in [0.2, 0.25) is 0 Å². The highest BCUT2D eigenvalue weighted by Crippen LogP contribution is 2.32. The molecule has 0 spiro atoms. The van der Waals surface area contributed by atoms with Crippen molar-refractivity contribution >= 4 is 11.6 Å². The van der Waals surface area contributed by atoms with Gasteiger partial charge in [-0.05, 0) is 25.2 Å². The molecule has 3 rings (SSSR count). The number of fused-ring (bicyclic) bond motifs is 2. The first-order valence-corrected chi connectivity index (χ1v) is 9.79. The van der Waals surface area contributed by atoms with Crippen LogP contribution < -0.4 is 10.3 Å². The van der Waals surface area contributed by atoms with Crippen LogP contribution in [-0.4, -0.2) is 28.7 Å². The predicted molar refractivity (Wildman–Crippen MR) is 107 cm³/mol. The van der Waals surface area contributed by atoms with Gasteiger partial charge in [0, 0.05) is 6.42 Å². The van der Waals surface area contributed by atoms with Crippen molar-refractivity contribution in [3.05, 3.63) is 40.0 Å². The van der Waals surface area contributed by atoms with E-state index < -0.39 is 0 Å². The van der Waals surface area contributed by atoms with Crippen LogP contribution in [0.3, 0.4) is 0 Å². The summed E-state index contributed by atoms with van der Waals surface area (Å²) >= 11 is 0. The number of aliphatic imine (C=N–C) groups is 1.